The van der Waals surface area contributed by atoms with E-state index in [9.17, 15) is 5.11 Å². The quantitative estimate of drug-likeness (QED) is 0.391. The molecule has 2 heterocycles. The molecule has 0 saturated heterocycles. The van der Waals surface area contributed by atoms with Gasteiger partial charge in [0.05, 0.1) is 32.2 Å². The number of aryl methyl sites for hydroxylation is 1. The fraction of sp³-hybridized carbons (Fsp3) is 0.524. The summed E-state index contributed by atoms with van der Waals surface area (Å²) >= 11 is 0. The smallest absolute Gasteiger partial charge is 0.166 e. The second-order valence-corrected chi connectivity index (χ2v) is 8.00. The zero-order valence-corrected chi connectivity index (χ0v) is 17.2. The predicted molar refractivity (Wildman–Crippen MR) is 96.7 cm³/mol. The number of nitrogens with zero attached hydrogens (tertiary/aromatic N) is 1. The van der Waals surface area contributed by atoms with E-state index < -0.39 is 6.10 Å². The van der Waals surface area contributed by atoms with Gasteiger partial charge in [-0.25, -0.2) is 0 Å². The lowest BCUT2D eigenvalue weighted by atomic mass is 9.68. The molecule has 0 bridgehead atoms. The topological polar surface area (TPSA) is 38.7 Å². The van der Waals surface area contributed by atoms with Crippen LogP contribution in [0.5, 0.6) is 11.5 Å². The average Bonchev–Trinajstić information content (AvgIpc) is 2.83. The molecule has 1 aromatic carbocycles. The second kappa shape index (κ2) is 6.60. The van der Waals surface area contributed by atoms with Gasteiger partial charge in [-0.05, 0) is 24.5 Å². The molecule has 1 spiro atoms. The Labute approximate surface area is 166 Å². The van der Waals surface area contributed by atoms with Gasteiger partial charge in [-0.3, -0.25) is 0 Å². The fourth-order valence-electron chi connectivity index (χ4n) is 4.85. The van der Waals surface area contributed by atoms with Gasteiger partial charge >= 0.3 is 0 Å². The molecular formula is C21H26BrNO3. The number of aliphatic hydroxyl groups is 1. The number of halogens is 1. The fourth-order valence-corrected chi connectivity index (χ4v) is 4.85. The van der Waals surface area contributed by atoms with E-state index in [4.69, 9.17) is 15.9 Å². The van der Waals surface area contributed by atoms with E-state index in [1.807, 2.05) is 6.08 Å². The van der Waals surface area contributed by atoms with Crippen molar-refractivity contribution in [2.45, 2.75) is 43.9 Å². The van der Waals surface area contributed by atoms with Crippen molar-refractivity contribution in [1.29, 1.82) is 0 Å². The van der Waals surface area contributed by atoms with Gasteiger partial charge < -0.3 is 36.0 Å². The number of benzene rings is 1. The Balaban J connectivity index is 0.00000196. The van der Waals surface area contributed by atoms with Crippen LogP contribution in [0.3, 0.4) is 0 Å². The van der Waals surface area contributed by atoms with Crippen molar-refractivity contribution in [1.82, 2.24) is 0 Å². The molecule has 0 aromatic heterocycles. The van der Waals surface area contributed by atoms with E-state index in [-0.39, 0.29) is 28.5 Å². The summed E-state index contributed by atoms with van der Waals surface area (Å²) < 4.78 is 12.8. The molecule has 0 saturated carbocycles. The standard InChI is InChI=1S/C21H26NO3.BrH/c1-5-9-22(3)10-8-21-7-6-15(23)12-18(21)25-20-17(24-4)11-14(2)16(13-22)19(20)21;/h1,6-7,11,15,18,23H,8-10,12-13H2,2-4H3;1H/q+1;/p-1/t15-,18?,21?,22?;/m0./s1. The van der Waals surface area contributed by atoms with Crippen LogP contribution in [0.1, 0.15) is 29.5 Å². The Hall–Kier alpha value is -1.48. The van der Waals surface area contributed by atoms with E-state index in [1.54, 1.807) is 7.11 Å². The van der Waals surface area contributed by atoms with Gasteiger partial charge in [0.2, 0.25) is 0 Å². The van der Waals surface area contributed by atoms with Crippen LogP contribution in [-0.4, -0.2) is 49.0 Å². The molecule has 1 aliphatic carbocycles. The van der Waals surface area contributed by atoms with E-state index in [2.05, 4.69) is 32.0 Å². The highest BCUT2D eigenvalue weighted by molar-refractivity contribution is 5.63. The average molecular weight is 420 g/mol. The number of methoxy groups -OCH3 is 1. The Morgan fingerprint density at radius 3 is 2.96 bits per heavy atom. The second-order valence-electron chi connectivity index (χ2n) is 8.00. The third-order valence-corrected chi connectivity index (χ3v) is 6.25. The minimum absolute atomic E-state index is 0. The first-order valence-electron chi connectivity index (χ1n) is 8.94. The third-order valence-electron chi connectivity index (χ3n) is 6.25. The molecule has 0 radical (unpaired) electrons. The van der Waals surface area contributed by atoms with E-state index in [1.165, 1.54) is 16.7 Å². The van der Waals surface area contributed by atoms with E-state index in [0.29, 0.717) is 13.0 Å². The maximum absolute atomic E-state index is 10.1. The Morgan fingerprint density at radius 2 is 2.27 bits per heavy atom. The number of quaternary nitrogens is 1. The van der Waals surface area contributed by atoms with Crippen LogP contribution < -0.4 is 26.5 Å². The molecule has 4 atom stereocenters. The molecule has 4 rings (SSSR count). The van der Waals surface area contributed by atoms with Crippen LogP contribution in [0.25, 0.3) is 0 Å². The van der Waals surface area contributed by atoms with Crippen molar-refractivity contribution >= 4 is 0 Å². The normalized spacial score (nSPS) is 33.8. The summed E-state index contributed by atoms with van der Waals surface area (Å²) in [5.74, 6) is 4.52. The number of terminal acetylenes is 1. The molecular weight excluding hydrogens is 394 g/mol. The lowest BCUT2D eigenvalue weighted by molar-refractivity contribution is -0.915. The summed E-state index contributed by atoms with van der Waals surface area (Å²) in [6, 6.07) is 2.07. The summed E-state index contributed by atoms with van der Waals surface area (Å²) in [5.41, 5.74) is 3.63. The largest absolute Gasteiger partial charge is 1.00 e. The summed E-state index contributed by atoms with van der Waals surface area (Å²) in [7, 11) is 3.93. The third kappa shape index (κ3) is 2.67. The minimum Gasteiger partial charge on any atom is -1.00 e. The number of hydrogen-bond donors (Lipinski definition) is 1. The van der Waals surface area contributed by atoms with E-state index in [0.717, 1.165) is 35.5 Å². The van der Waals surface area contributed by atoms with Crippen LogP contribution >= 0.6 is 0 Å². The van der Waals surface area contributed by atoms with Gasteiger partial charge in [0, 0.05) is 24.0 Å². The van der Waals surface area contributed by atoms with Gasteiger partial charge in [0.1, 0.15) is 19.2 Å². The van der Waals surface area contributed by atoms with Gasteiger partial charge in [-0.1, -0.05) is 12.2 Å². The first-order chi connectivity index (χ1) is 11.9. The molecule has 0 fully saturated rings. The number of ether oxygens (including phenoxy) is 2. The Bertz CT molecular complexity index is 799. The summed E-state index contributed by atoms with van der Waals surface area (Å²) in [5, 5.41) is 10.1. The predicted octanol–water partition coefficient (Wildman–Crippen LogP) is -0.689. The monoisotopic (exact) mass is 419 g/mol. The summed E-state index contributed by atoms with van der Waals surface area (Å²) in [6.45, 7) is 4.75. The molecule has 0 amide bonds. The number of rotatable bonds is 2. The highest BCUT2D eigenvalue weighted by Crippen LogP contribution is 2.56. The first kappa shape index (κ1) is 19.3. The molecule has 5 heteroatoms. The summed E-state index contributed by atoms with van der Waals surface area (Å²) in [6.07, 6.45) is 10.9. The van der Waals surface area contributed by atoms with Crippen molar-refractivity contribution in [2.75, 3.05) is 27.2 Å². The van der Waals surface area contributed by atoms with Crippen LogP contribution in [0.15, 0.2) is 18.2 Å². The highest BCUT2D eigenvalue weighted by atomic mass is 79.9. The van der Waals surface area contributed by atoms with Gasteiger partial charge in [-0.2, -0.15) is 0 Å². The molecule has 2 aliphatic heterocycles. The van der Waals surface area contributed by atoms with Crippen molar-refractivity contribution in [3.05, 3.63) is 34.9 Å². The minimum atomic E-state index is -0.449. The maximum atomic E-state index is 10.1. The van der Waals surface area contributed by atoms with Crippen molar-refractivity contribution in [3.8, 4) is 23.8 Å². The van der Waals surface area contributed by atoms with Gasteiger partial charge in [0.25, 0.3) is 0 Å². The number of hydrogen-bond acceptors (Lipinski definition) is 3. The zero-order valence-electron chi connectivity index (χ0n) is 15.6. The lowest BCUT2D eigenvalue weighted by Crippen LogP contribution is -3.00. The molecule has 140 valence electrons. The van der Waals surface area contributed by atoms with E-state index >= 15 is 0 Å². The molecule has 1 aromatic rings. The number of aliphatic hydroxyl groups excluding tert-OH is 1. The van der Waals surface area contributed by atoms with Crippen molar-refractivity contribution in [3.63, 3.8) is 0 Å². The van der Waals surface area contributed by atoms with Crippen LogP contribution in [0.4, 0.5) is 0 Å². The van der Waals surface area contributed by atoms with Crippen molar-refractivity contribution in [2.24, 2.45) is 0 Å². The van der Waals surface area contributed by atoms with Gasteiger partial charge in [0.15, 0.2) is 11.5 Å². The van der Waals surface area contributed by atoms with Crippen molar-refractivity contribution < 1.29 is 36.0 Å². The Kier molecular flexibility index (Phi) is 4.89. The first-order valence-corrected chi connectivity index (χ1v) is 8.94. The van der Waals surface area contributed by atoms with Crippen LogP contribution in [0, 0.1) is 19.3 Å². The molecule has 3 aliphatic rings. The zero-order chi connectivity index (χ0) is 17.8. The van der Waals surface area contributed by atoms with Crippen LogP contribution in [-0.2, 0) is 12.0 Å². The lowest BCUT2D eigenvalue weighted by Gasteiger charge is -2.36. The molecule has 3 unspecified atom stereocenters. The highest BCUT2D eigenvalue weighted by Gasteiger charge is 2.55. The Morgan fingerprint density at radius 1 is 1.50 bits per heavy atom. The molecule has 26 heavy (non-hydrogen) atoms. The summed E-state index contributed by atoms with van der Waals surface area (Å²) in [4.78, 5) is 0. The van der Waals surface area contributed by atoms with Gasteiger partial charge in [-0.15, -0.1) is 6.42 Å². The maximum Gasteiger partial charge on any atom is 0.166 e. The van der Waals surface area contributed by atoms with Crippen LogP contribution in [0.2, 0.25) is 0 Å². The molecule has 1 N–H and O–H groups in total. The SMILES string of the molecule is C#CC[N+]1(C)CCC23C=C[C@H](O)CC2Oc2c(OC)cc(C)c(c23)C1.[Br-]. The molecule has 4 nitrogen and oxygen atoms in total.